The summed E-state index contributed by atoms with van der Waals surface area (Å²) in [6.45, 7) is 7.65. The maximum atomic E-state index is 6.03. The lowest BCUT2D eigenvalue weighted by Crippen LogP contribution is -2.37. The van der Waals surface area contributed by atoms with E-state index in [0.29, 0.717) is 5.95 Å². The molecule has 0 spiro atoms. The zero-order valence-electron chi connectivity index (χ0n) is 12.2. The molecular weight excluding hydrogens is 256 g/mol. The molecule has 1 saturated heterocycles. The van der Waals surface area contributed by atoms with E-state index in [2.05, 4.69) is 19.5 Å². The number of anilines is 1. The summed E-state index contributed by atoms with van der Waals surface area (Å²) in [5, 5.41) is 4.40. The second-order valence-electron chi connectivity index (χ2n) is 5.31. The summed E-state index contributed by atoms with van der Waals surface area (Å²) in [4.78, 5) is 6.86. The first-order chi connectivity index (χ1) is 9.66. The van der Waals surface area contributed by atoms with Crippen molar-refractivity contribution in [2.45, 2.75) is 19.9 Å². The van der Waals surface area contributed by atoms with Crippen molar-refractivity contribution in [2.75, 3.05) is 38.6 Å². The van der Waals surface area contributed by atoms with E-state index in [0.717, 1.165) is 62.7 Å². The molecule has 7 nitrogen and oxygen atoms in total. The largest absolute Gasteiger partial charge is 0.379 e. The Kier molecular flexibility index (Phi) is 3.62. The van der Waals surface area contributed by atoms with Gasteiger partial charge in [-0.2, -0.15) is 5.10 Å². The summed E-state index contributed by atoms with van der Waals surface area (Å²) < 4.78 is 9.29. The van der Waals surface area contributed by atoms with E-state index in [1.165, 1.54) is 0 Å². The highest BCUT2D eigenvalue weighted by Crippen LogP contribution is 2.20. The predicted octanol–water partition coefficient (Wildman–Crippen LogP) is 0.383. The highest BCUT2D eigenvalue weighted by atomic mass is 16.5. The third-order valence-electron chi connectivity index (χ3n) is 3.88. The molecule has 1 fully saturated rings. The summed E-state index contributed by atoms with van der Waals surface area (Å²) in [7, 11) is 1.94. The van der Waals surface area contributed by atoms with E-state index in [9.17, 15) is 0 Å². The number of fused-ring (bicyclic) bond motifs is 1. The van der Waals surface area contributed by atoms with Crippen LogP contribution in [-0.2, 0) is 18.3 Å². The maximum absolute atomic E-state index is 6.03. The second-order valence-corrected chi connectivity index (χ2v) is 5.31. The number of hydrogen-bond acceptors (Lipinski definition) is 5. The van der Waals surface area contributed by atoms with Gasteiger partial charge in [0.15, 0.2) is 5.65 Å². The van der Waals surface area contributed by atoms with Crippen LogP contribution in [0.25, 0.3) is 11.2 Å². The molecule has 3 heterocycles. The van der Waals surface area contributed by atoms with Gasteiger partial charge in [0.1, 0.15) is 5.52 Å². The van der Waals surface area contributed by atoms with Crippen LogP contribution in [-0.4, -0.2) is 57.1 Å². The van der Waals surface area contributed by atoms with Crippen LogP contribution >= 0.6 is 0 Å². The molecule has 2 aromatic heterocycles. The van der Waals surface area contributed by atoms with E-state index in [1.807, 2.05) is 18.7 Å². The molecule has 0 aliphatic carbocycles. The predicted molar refractivity (Wildman–Crippen MR) is 77.5 cm³/mol. The molecule has 110 valence electrons. The fourth-order valence-corrected chi connectivity index (χ4v) is 2.85. The van der Waals surface area contributed by atoms with Gasteiger partial charge in [0.05, 0.1) is 18.9 Å². The van der Waals surface area contributed by atoms with Crippen molar-refractivity contribution in [3.63, 3.8) is 0 Å². The minimum atomic E-state index is 0.582. The molecule has 0 radical (unpaired) electrons. The summed E-state index contributed by atoms with van der Waals surface area (Å²) in [5.41, 5.74) is 8.89. The number of rotatable bonds is 4. The van der Waals surface area contributed by atoms with E-state index in [-0.39, 0.29) is 0 Å². The van der Waals surface area contributed by atoms with Crippen LogP contribution in [0.5, 0.6) is 0 Å². The van der Waals surface area contributed by atoms with E-state index in [4.69, 9.17) is 10.5 Å². The van der Waals surface area contributed by atoms with E-state index < -0.39 is 0 Å². The Labute approximate surface area is 118 Å². The van der Waals surface area contributed by atoms with Gasteiger partial charge in [-0.1, -0.05) is 0 Å². The molecule has 0 aromatic carbocycles. The lowest BCUT2D eigenvalue weighted by Gasteiger charge is -2.26. The smallest absolute Gasteiger partial charge is 0.202 e. The van der Waals surface area contributed by atoms with Gasteiger partial charge in [0.25, 0.3) is 0 Å². The Hall–Kier alpha value is -1.60. The summed E-state index contributed by atoms with van der Waals surface area (Å²) in [6, 6.07) is 0. The molecule has 0 amide bonds. The third-order valence-corrected chi connectivity index (χ3v) is 3.88. The molecule has 2 aromatic rings. The van der Waals surface area contributed by atoms with Gasteiger partial charge < -0.3 is 10.5 Å². The average Bonchev–Trinajstić information content (AvgIpc) is 2.90. The minimum Gasteiger partial charge on any atom is -0.379 e. The van der Waals surface area contributed by atoms with Crippen molar-refractivity contribution < 1.29 is 4.74 Å². The normalized spacial score (nSPS) is 17.1. The molecule has 0 atom stereocenters. The van der Waals surface area contributed by atoms with Crippen molar-refractivity contribution in [2.24, 2.45) is 7.05 Å². The van der Waals surface area contributed by atoms with Gasteiger partial charge in [0, 0.05) is 33.2 Å². The van der Waals surface area contributed by atoms with Crippen molar-refractivity contribution in [1.29, 1.82) is 0 Å². The quantitative estimate of drug-likeness (QED) is 0.875. The Morgan fingerprint density at radius 2 is 2.00 bits per heavy atom. The Bertz CT molecular complexity index is 596. The lowest BCUT2D eigenvalue weighted by molar-refractivity contribution is 0.0370. The lowest BCUT2D eigenvalue weighted by atomic mass is 10.3. The number of imidazole rings is 1. The molecule has 1 aliphatic heterocycles. The monoisotopic (exact) mass is 278 g/mol. The summed E-state index contributed by atoms with van der Waals surface area (Å²) in [5.74, 6) is 0.582. The number of nitrogens with zero attached hydrogens (tertiary/aromatic N) is 5. The summed E-state index contributed by atoms with van der Waals surface area (Å²) in [6.07, 6.45) is 1.06. The van der Waals surface area contributed by atoms with Crippen LogP contribution in [0.3, 0.4) is 0 Å². The van der Waals surface area contributed by atoms with Crippen LogP contribution in [0.4, 0.5) is 5.95 Å². The van der Waals surface area contributed by atoms with E-state index >= 15 is 0 Å². The molecule has 0 saturated carbocycles. The number of ether oxygens (including phenoxy) is 1. The van der Waals surface area contributed by atoms with Crippen molar-refractivity contribution in [3.8, 4) is 0 Å². The van der Waals surface area contributed by atoms with Gasteiger partial charge in [0.2, 0.25) is 5.95 Å². The highest BCUT2D eigenvalue weighted by Gasteiger charge is 2.16. The first-order valence-corrected chi connectivity index (χ1v) is 7.12. The van der Waals surface area contributed by atoms with E-state index in [1.54, 1.807) is 0 Å². The fourth-order valence-electron chi connectivity index (χ4n) is 2.85. The number of nitrogens with two attached hydrogens (primary N) is 1. The molecule has 1 aliphatic rings. The number of nitrogen functional groups attached to an aromatic ring is 1. The van der Waals surface area contributed by atoms with Crippen LogP contribution < -0.4 is 5.73 Å². The topological polar surface area (TPSA) is 74.1 Å². The zero-order chi connectivity index (χ0) is 14.1. The second kappa shape index (κ2) is 5.41. The first-order valence-electron chi connectivity index (χ1n) is 7.12. The maximum Gasteiger partial charge on any atom is 0.202 e. The number of hydrogen-bond donors (Lipinski definition) is 1. The van der Waals surface area contributed by atoms with Gasteiger partial charge in [-0.25, -0.2) is 4.98 Å². The van der Waals surface area contributed by atoms with Crippen molar-refractivity contribution in [3.05, 3.63) is 5.69 Å². The fraction of sp³-hybridized carbons (Fsp3) is 0.692. The molecular formula is C13H22N6O. The Balaban J connectivity index is 1.69. The number of morpholine rings is 1. The number of aryl methyl sites for hydroxylation is 3. The first kappa shape index (κ1) is 13.4. The highest BCUT2D eigenvalue weighted by molar-refractivity contribution is 5.77. The molecule has 20 heavy (non-hydrogen) atoms. The minimum absolute atomic E-state index is 0.582. The van der Waals surface area contributed by atoms with Crippen molar-refractivity contribution >= 4 is 17.1 Å². The third kappa shape index (κ3) is 2.38. The Morgan fingerprint density at radius 3 is 2.75 bits per heavy atom. The average molecular weight is 278 g/mol. The van der Waals surface area contributed by atoms with Gasteiger partial charge in [-0.15, -0.1) is 0 Å². The number of aromatic nitrogens is 4. The standard InChI is InChI=1S/C13H22N6O/c1-10-11-12(17(2)16-10)19(13(14)15-11)5-3-4-18-6-8-20-9-7-18/h3-9H2,1-2H3,(H2,14,15). The van der Waals surface area contributed by atoms with Gasteiger partial charge in [-0.3, -0.25) is 14.1 Å². The molecule has 0 bridgehead atoms. The van der Waals surface area contributed by atoms with Crippen molar-refractivity contribution in [1.82, 2.24) is 24.2 Å². The van der Waals surface area contributed by atoms with Crippen LogP contribution in [0.15, 0.2) is 0 Å². The van der Waals surface area contributed by atoms with Gasteiger partial charge >= 0.3 is 0 Å². The molecule has 7 heteroatoms. The van der Waals surface area contributed by atoms with Crippen LogP contribution in [0.2, 0.25) is 0 Å². The SMILES string of the molecule is Cc1nn(C)c2c1nc(N)n2CCCN1CCOCC1. The van der Waals surface area contributed by atoms with Crippen LogP contribution in [0.1, 0.15) is 12.1 Å². The molecule has 2 N–H and O–H groups in total. The molecule has 0 unspecified atom stereocenters. The Morgan fingerprint density at radius 1 is 1.25 bits per heavy atom. The zero-order valence-corrected chi connectivity index (χ0v) is 12.2. The van der Waals surface area contributed by atoms with Gasteiger partial charge in [-0.05, 0) is 13.3 Å². The summed E-state index contributed by atoms with van der Waals surface area (Å²) >= 11 is 0. The van der Waals surface area contributed by atoms with Crippen LogP contribution in [0, 0.1) is 6.92 Å². The molecule has 3 rings (SSSR count).